The Morgan fingerprint density at radius 3 is 2.83 bits per heavy atom. The number of aromatic amines is 1. The zero-order valence-electron chi connectivity index (χ0n) is 10.4. The Bertz CT molecular complexity index is 590. The van der Waals surface area contributed by atoms with Crippen molar-refractivity contribution in [3.8, 4) is 0 Å². The van der Waals surface area contributed by atoms with Crippen LogP contribution in [0.1, 0.15) is 13.8 Å². The molecule has 0 fully saturated rings. The molecule has 0 aliphatic carbocycles. The lowest BCUT2D eigenvalue weighted by molar-refractivity contribution is 0.627. The van der Waals surface area contributed by atoms with E-state index in [9.17, 15) is 4.39 Å². The van der Waals surface area contributed by atoms with Crippen molar-refractivity contribution >= 4 is 23.9 Å². The molecule has 0 atom stereocenters. The Morgan fingerprint density at radius 2 is 2.22 bits per heavy atom. The average molecular weight is 266 g/mol. The van der Waals surface area contributed by atoms with Gasteiger partial charge in [-0.2, -0.15) is 0 Å². The first-order valence-corrected chi connectivity index (χ1v) is 6.26. The van der Waals surface area contributed by atoms with Gasteiger partial charge in [-0.1, -0.05) is 6.07 Å². The van der Waals surface area contributed by atoms with Crippen LogP contribution in [0.15, 0.2) is 24.3 Å². The molecule has 1 aromatic heterocycles. The lowest BCUT2D eigenvalue weighted by atomic mass is 10.3. The van der Waals surface area contributed by atoms with E-state index in [2.05, 4.69) is 10.2 Å². The van der Waals surface area contributed by atoms with Crippen LogP contribution in [-0.4, -0.2) is 21.3 Å². The van der Waals surface area contributed by atoms with Crippen molar-refractivity contribution in [1.29, 1.82) is 0 Å². The van der Waals surface area contributed by atoms with Crippen LogP contribution >= 0.6 is 12.2 Å². The second kappa shape index (κ2) is 5.30. The van der Waals surface area contributed by atoms with E-state index in [0.29, 0.717) is 17.3 Å². The molecule has 0 amide bonds. The zero-order chi connectivity index (χ0) is 13.1. The van der Waals surface area contributed by atoms with Gasteiger partial charge in [0.1, 0.15) is 5.82 Å². The lowest BCUT2D eigenvalue weighted by Gasteiger charge is -2.22. The highest BCUT2D eigenvalue weighted by atomic mass is 32.1. The standard InChI is InChI=1S/C12H15FN4S/c1-3-16(10-7-5-6-9(13)8-10)11-14-15-12(18)17(11)4-2/h5-8H,3-4H2,1-2H3,(H,15,18). The van der Waals surface area contributed by atoms with Crippen LogP contribution in [0.2, 0.25) is 0 Å². The maximum atomic E-state index is 13.3. The summed E-state index contributed by atoms with van der Waals surface area (Å²) in [5.74, 6) is 0.443. The normalized spacial score (nSPS) is 10.6. The summed E-state index contributed by atoms with van der Waals surface area (Å²) in [6.07, 6.45) is 0. The number of aromatic nitrogens is 3. The molecule has 0 bridgehead atoms. The van der Waals surface area contributed by atoms with E-state index in [1.54, 1.807) is 6.07 Å². The molecule has 18 heavy (non-hydrogen) atoms. The van der Waals surface area contributed by atoms with Crippen molar-refractivity contribution in [2.45, 2.75) is 20.4 Å². The second-order valence-corrected chi connectivity index (χ2v) is 4.18. The molecule has 2 rings (SSSR count). The lowest BCUT2D eigenvalue weighted by Crippen LogP contribution is -2.20. The minimum absolute atomic E-state index is 0.261. The van der Waals surface area contributed by atoms with Gasteiger partial charge in [0.25, 0.3) is 0 Å². The van der Waals surface area contributed by atoms with E-state index in [4.69, 9.17) is 12.2 Å². The van der Waals surface area contributed by atoms with E-state index < -0.39 is 0 Å². The smallest absolute Gasteiger partial charge is 0.230 e. The van der Waals surface area contributed by atoms with Gasteiger partial charge in [0.05, 0.1) is 0 Å². The number of hydrogen-bond donors (Lipinski definition) is 1. The van der Waals surface area contributed by atoms with Crippen molar-refractivity contribution in [3.05, 3.63) is 34.9 Å². The Balaban J connectivity index is 2.48. The van der Waals surface area contributed by atoms with E-state index in [1.165, 1.54) is 12.1 Å². The van der Waals surface area contributed by atoms with Crippen LogP contribution in [0.25, 0.3) is 0 Å². The number of benzene rings is 1. The zero-order valence-corrected chi connectivity index (χ0v) is 11.2. The number of rotatable bonds is 4. The molecule has 1 aromatic carbocycles. The Morgan fingerprint density at radius 1 is 1.44 bits per heavy atom. The predicted molar refractivity (Wildman–Crippen MR) is 72.2 cm³/mol. The average Bonchev–Trinajstić information content (AvgIpc) is 2.72. The second-order valence-electron chi connectivity index (χ2n) is 3.80. The number of nitrogens with one attached hydrogen (secondary N) is 1. The number of halogens is 1. The van der Waals surface area contributed by atoms with Gasteiger partial charge in [0, 0.05) is 18.8 Å². The van der Waals surface area contributed by atoms with Gasteiger partial charge in [-0.15, -0.1) is 5.10 Å². The van der Waals surface area contributed by atoms with Crippen LogP contribution in [0.5, 0.6) is 0 Å². The fraction of sp³-hybridized carbons (Fsp3) is 0.333. The van der Waals surface area contributed by atoms with Crippen LogP contribution in [0.3, 0.4) is 0 Å². The fourth-order valence-corrected chi connectivity index (χ4v) is 2.14. The molecule has 2 aromatic rings. The maximum Gasteiger partial charge on any atom is 0.230 e. The maximum absolute atomic E-state index is 13.3. The first-order chi connectivity index (χ1) is 8.67. The van der Waals surface area contributed by atoms with Gasteiger partial charge in [-0.3, -0.25) is 4.57 Å². The highest BCUT2D eigenvalue weighted by Crippen LogP contribution is 2.23. The molecule has 1 N–H and O–H groups in total. The number of H-pyrrole nitrogens is 1. The van der Waals surface area contributed by atoms with E-state index >= 15 is 0 Å². The minimum atomic E-state index is -0.261. The molecule has 1 heterocycles. The summed E-state index contributed by atoms with van der Waals surface area (Å²) in [6.45, 7) is 5.39. The molecule has 96 valence electrons. The Hall–Kier alpha value is -1.69. The number of nitrogens with zero attached hydrogens (tertiary/aromatic N) is 3. The van der Waals surface area contributed by atoms with Gasteiger partial charge in [-0.25, -0.2) is 9.49 Å². The molecule has 0 unspecified atom stereocenters. The summed E-state index contributed by atoms with van der Waals surface area (Å²) >= 11 is 5.16. The van der Waals surface area contributed by atoms with Gasteiger partial charge in [0.2, 0.25) is 5.95 Å². The Labute approximate surface area is 110 Å². The number of anilines is 2. The molecule has 0 saturated carbocycles. The first-order valence-electron chi connectivity index (χ1n) is 5.85. The molecule has 0 aliphatic rings. The van der Waals surface area contributed by atoms with Crippen LogP contribution in [0, 0.1) is 10.6 Å². The van der Waals surface area contributed by atoms with Crippen molar-refractivity contribution in [1.82, 2.24) is 14.8 Å². The Kier molecular flexibility index (Phi) is 3.76. The molecule has 0 radical (unpaired) electrons. The topological polar surface area (TPSA) is 36.9 Å². The van der Waals surface area contributed by atoms with Crippen molar-refractivity contribution in [2.24, 2.45) is 0 Å². The highest BCUT2D eigenvalue weighted by Gasteiger charge is 2.14. The fourth-order valence-electron chi connectivity index (χ4n) is 1.88. The van der Waals surface area contributed by atoms with Crippen molar-refractivity contribution in [2.75, 3.05) is 11.4 Å². The third kappa shape index (κ3) is 2.28. The molecular formula is C12H15FN4S. The first kappa shape index (κ1) is 12.8. The highest BCUT2D eigenvalue weighted by molar-refractivity contribution is 7.71. The van der Waals surface area contributed by atoms with Crippen LogP contribution < -0.4 is 4.90 Å². The molecule has 6 heteroatoms. The third-order valence-corrected chi connectivity index (χ3v) is 3.04. The van der Waals surface area contributed by atoms with E-state index in [-0.39, 0.29) is 5.82 Å². The molecule has 0 saturated heterocycles. The molecule has 4 nitrogen and oxygen atoms in total. The van der Waals surface area contributed by atoms with E-state index in [0.717, 1.165) is 12.2 Å². The van der Waals surface area contributed by atoms with Gasteiger partial charge in [0.15, 0.2) is 4.77 Å². The minimum Gasteiger partial charge on any atom is -0.311 e. The summed E-state index contributed by atoms with van der Waals surface area (Å²) < 4.78 is 15.7. The van der Waals surface area contributed by atoms with E-state index in [1.807, 2.05) is 29.4 Å². The molecule has 0 aliphatic heterocycles. The van der Waals surface area contributed by atoms with Crippen LogP contribution in [-0.2, 0) is 6.54 Å². The molecule has 0 spiro atoms. The summed E-state index contributed by atoms with van der Waals surface area (Å²) in [6, 6.07) is 6.45. The summed E-state index contributed by atoms with van der Waals surface area (Å²) in [7, 11) is 0. The number of hydrogen-bond acceptors (Lipinski definition) is 3. The summed E-state index contributed by atoms with van der Waals surface area (Å²) in [4.78, 5) is 1.92. The third-order valence-electron chi connectivity index (χ3n) is 2.73. The van der Waals surface area contributed by atoms with Gasteiger partial charge in [-0.05, 0) is 44.3 Å². The van der Waals surface area contributed by atoms with Gasteiger partial charge >= 0.3 is 0 Å². The van der Waals surface area contributed by atoms with Crippen molar-refractivity contribution in [3.63, 3.8) is 0 Å². The largest absolute Gasteiger partial charge is 0.311 e. The van der Waals surface area contributed by atoms with Crippen molar-refractivity contribution < 1.29 is 4.39 Å². The summed E-state index contributed by atoms with van der Waals surface area (Å²) in [5.41, 5.74) is 0.765. The SMILES string of the molecule is CCN(c1cccc(F)c1)c1n[nH]c(=S)n1CC. The molecular weight excluding hydrogens is 251 g/mol. The quantitative estimate of drug-likeness (QED) is 0.863. The summed E-state index contributed by atoms with van der Waals surface area (Å²) in [5, 5.41) is 6.98. The van der Waals surface area contributed by atoms with Gasteiger partial charge < -0.3 is 4.90 Å². The van der Waals surface area contributed by atoms with Crippen LogP contribution in [0.4, 0.5) is 16.0 Å². The predicted octanol–water partition coefficient (Wildman–Crippen LogP) is 3.26. The monoisotopic (exact) mass is 266 g/mol.